The lowest BCUT2D eigenvalue weighted by atomic mass is 10.1. The first-order valence-electron chi connectivity index (χ1n) is 6.07. The number of hydrogen-bond donors (Lipinski definition) is 2. The molecule has 0 aromatic rings. The van der Waals surface area contributed by atoms with Gasteiger partial charge in [0.2, 0.25) is 0 Å². The Hall–Kier alpha value is -0.770. The average Bonchev–Trinajstić information content (AvgIpc) is 2.31. The molecule has 1 aliphatic rings. The van der Waals surface area contributed by atoms with E-state index in [0.717, 1.165) is 13.1 Å². The molecule has 0 amide bonds. The van der Waals surface area contributed by atoms with Crippen molar-refractivity contribution in [3.63, 3.8) is 0 Å². The Balaban J connectivity index is 2.21. The van der Waals surface area contributed by atoms with Crippen LogP contribution in [-0.2, 0) is 0 Å². The molecule has 0 radical (unpaired) electrons. The Bertz CT molecular complexity index is 177. The molecular formula is C11H24N4. The predicted octanol–water partition coefficient (Wildman–Crippen LogP) is 0.916. The number of guanidine groups is 1. The third-order valence-corrected chi connectivity index (χ3v) is 2.91. The van der Waals surface area contributed by atoms with Gasteiger partial charge >= 0.3 is 0 Å². The topological polar surface area (TPSA) is 67.6 Å². The van der Waals surface area contributed by atoms with Crippen LogP contribution in [0, 0.1) is 0 Å². The monoisotopic (exact) mass is 212 g/mol. The highest BCUT2D eigenvalue weighted by Gasteiger charge is 2.06. The van der Waals surface area contributed by atoms with Gasteiger partial charge in [0.1, 0.15) is 0 Å². The molecule has 4 N–H and O–H groups in total. The highest BCUT2D eigenvalue weighted by Crippen LogP contribution is 2.10. The summed E-state index contributed by atoms with van der Waals surface area (Å²) in [6.45, 7) is 4.15. The van der Waals surface area contributed by atoms with Gasteiger partial charge in [0.15, 0.2) is 5.96 Å². The Kier molecular flexibility index (Phi) is 6.16. The van der Waals surface area contributed by atoms with Gasteiger partial charge in [0.05, 0.1) is 6.54 Å². The van der Waals surface area contributed by atoms with E-state index in [9.17, 15) is 0 Å². The maximum absolute atomic E-state index is 5.30. The minimum Gasteiger partial charge on any atom is -0.370 e. The zero-order valence-electron chi connectivity index (χ0n) is 9.62. The van der Waals surface area contributed by atoms with Crippen LogP contribution >= 0.6 is 0 Å². The van der Waals surface area contributed by atoms with Crippen molar-refractivity contribution in [3.05, 3.63) is 0 Å². The minimum atomic E-state index is 0.208. The lowest BCUT2D eigenvalue weighted by Crippen LogP contribution is -2.30. The molecular weight excluding hydrogens is 188 g/mol. The first-order chi connectivity index (χ1) is 7.29. The molecule has 4 nitrogen and oxygen atoms in total. The van der Waals surface area contributed by atoms with E-state index < -0.39 is 0 Å². The second-order valence-corrected chi connectivity index (χ2v) is 4.27. The van der Waals surface area contributed by atoms with Gasteiger partial charge in [0.25, 0.3) is 0 Å². The number of hydrogen-bond acceptors (Lipinski definition) is 2. The van der Waals surface area contributed by atoms with Gasteiger partial charge in [-0.2, -0.15) is 0 Å². The van der Waals surface area contributed by atoms with Crippen molar-refractivity contribution < 1.29 is 0 Å². The van der Waals surface area contributed by atoms with Crippen molar-refractivity contribution in [1.82, 2.24) is 4.90 Å². The van der Waals surface area contributed by atoms with Gasteiger partial charge in [-0.25, -0.2) is 0 Å². The van der Waals surface area contributed by atoms with Gasteiger partial charge in [-0.15, -0.1) is 0 Å². The zero-order chi connectivity index (χ0) is 10.9. The number of aliphatic imine (C=N–C) groups is 1. The molecule has 1 saturated heterocycles. The summed E-state index contributed by atoms with van der Waals surface area (Å²) in [5.74, 6) is 0.208. The Morgan fingerprint density at radius 1 is 0.933 bits per heavy atom. The van der Waals surface area contributed by atoms with Crippen LogP contribution in [0.1, 0.15) is 38.5 Å². The summed E-state index contributed by atoms with van der Waals surface area (Å²) in [5, 5.41) is 0. The van der Waals surface area contributed by atoms with E-state index in [0.29, 0.717) is 0 Å². The number of nitrogens with two attached hydrogens (primary N) is 2. The summed E-state index contributed by atoms with van der Waals surface area (Å²) in [5.41, 5.74) is 10.6. The number of rotatable bonds is 3. The van der Waals surface area contributed by atoms with Crippen molar-refractivity contribution in [2.75, 3.05) is 26.2 Å². The minimum absolute atomic E-state index is 0.208. The summed E-state index contributed by atoms with van der Waals surface area (Å²) >= 11 is 0. The van der Waals surface area contributed by atoms with E-state index in [1.807, 2.05) is 0 Å². The fraction of sp³-hybridized carbons (Fsp3) is 0.909. The zero-order valence-corrected chi connectivity index (χ0v) is 9.62. The highest BCUT2D eigenvalue weighted by atomic mass is 15.1. The molecule has 0 atom stereocenters. The molecule has 0 aromatic carbocycles. The molecule has 15 heavy (non-hydrogen) atoms. The largest absolute Gasteiger partial charge is 0.370 e. The maximum atomic E-state index is 5.30. The van der Waals surface area contributed by atoms with Gasteiger partial charge in [-0.1, -0.05) is 25.7 Å². The smallest absolute Gasteiger partial charge is 0.185 e. The van der Waals surface area contributed by atoms with Crippen LogP contribution in [0.3, 0.4) is 0 Å². The first kappa shape index (κ1) is 12.3. The molecule has 1 heterocycles. The lowest BCUT2D eigenvalue weighted by Gasteiger charge is -2.20. The van der Waals surface area contributed by atoms with Crippen LogP contribution in [0.2, 0.25) is 0 Å². The Morgan fingerprint density at radius 3 is 2.00 bits per heavy atom. The number of nitrogens with zero attached hydrogens (tertiary/aromatic N) is 2. The van der Waals surface area contributed by atoms with Gasteiger partial charge in [-0.05, 0) is 25.9 Å². The molecule has 0 unspecified atom stereocenters. The van der Waals surface area contributed by atoms with Crippen LogP contribution in [0.5, 0.6) is 0 Å². The molecule has 0 spiro atoms. The third-order valence-electron chi connectivity index (χ3n) is 2.91. The van der Waals surface area contributed by atoms with E-state index in [1.54, 1.807) is 0 Å². The second-order valence-electron chi connectivity index (χ2n) is 4.27. The third kappa shape index (κ3) is 6.33. The fourth-order valence-electron chi connectivity index (χ4n) is 2.03. The highest BCUT2D eigenvalue weighted by molar-refractivity contribution is 5.75. The molecule has 0 saturated carbocycles. The van der Waals surface area contributed by atoms with E-state index >= 15 is 0 Å². The molecule has 4 heteroatoms. The van der Waals surface area contributed by atoms with Crippen molar-refractivity contribution in [3.8, 4) is 0 Å². The summed E-state index contributed by atoms with van der Waals surface area (Å²) in [4.78, 5) is 6.51. The average molecular weight is 212 g/mol. The second kappa shape index (κ2) is 7.51. The molecule has 1 aliphatic heterocycles. The quantitative estimate of drug-likeness (QED) is 0.540. The van der Waals surface area contributed by atoms with Crippen LogP contribution in [-0.4, -0.2) is 37.0 Å². The summed E-state index contributed by atoms with van der Waals surface area (Å²) in [7, 11) is 0. The normalized spacial score (nSPS) is 20.0. The molecule has 88 valence electrons. The van der Waals surface area contributed by atoms with E-state index in [1.165, 1.54) is 51.6 Å². The van der Waals surface area contributed by atoms with Crippen LogP contribution in [0.15, 0.2) is 4.99 Å². The van der Waals surface area contributed by atoms with Crippen molar-refractivity contribution in [2.24, 2.45) is 16.5 Å². The standard InChI is InChI=1S/C11H24N4/c12-11(13)14-7-10-15-8-5-3-1-2-4-6-9-15/h1-10H2,(H4,12,13,14). The van der Waals surface area contributed by atoms with Gasteiger partial charge in [0, 0.05) is 6.54 Å². The molecule has 0 aromatic heterocycles. The Labute approximate surface area is 92.7 Å². The molecule has 0 aliphatic carbocycles. The lowest BCUT2D eigenvalue weighted by molar-refractivity contribution is 0.276. The van der Waals surface area contributed by atoms with Crippen LogP contribution < -0.4 is 11.5 Å². The van der Waals surface area contributed by atoms with Crippen molar-refractivity contribution in [2.45, 2.75) is 38.5 Å². The summed E-state index contributed by atoms with van der Waals surface area (Å²) < 4.78 is 0. The van der Waals surface area contributed by atoms with Crippen molar-refractivity contribution in [1.29, 1.82) is 0 Å². The predicted molar refractivity (Wildman–Crippen MR) is 64.8 cm³/mol. The summed E-state index contributed by atoms with van der Waals surface area (Å²) in [6, 6.07) is 0. The van der Waals surface area contributed by atoms with Crippen molar-refractivity contribution >= 4 is 5.96 Å². The maximum Gasteiger partial charge on any atom is 0.185 e. The fourth-order valence-corrected chi connectivity index (χ4v) is 2.03. The van der Waals surface area contributed by atoms with Gasteiger partial charge in [-0.3, -0.25) is 4.99 Å². The van der Waals surface area contributed by atoms with E-state index in [2.05, 4.69) is 9.89 Å². The summed E-state index contributed by atoms with van der Waals surface area (Å²) in [6.07, 6.45) is 8.20. The van der Waals surface area contributed by atoms with Crippen LogP contribution in [0.25, 0.3) is 0 Å². The first-order valence-corrected chi connectivity index (χ1v) is 6.07. The van der Waals surface area contributed by atoms with Crippen LogP contribution in [0.4, 0.5) is 0 Å². The molecule has 0 bridgehead atoms. The van der Waals surface area contributed by atoms with E-state index in [-0.39, 0.29) is 5.96 Å². The Morgan fingerprint density at radius 2 is 1.47 bits per heavy atom. The molecule has 1 rings (SSSR count). The SMILES string of the molecule is NC(N)=NCCN1CCCCCCCC1. The van der Waals surface area contributed by atoms with Gasteiger partial charge < -0.3 is 16.4 Å². The van der Waals surface area contributed by atoms with E-state index in [4.69, 9.17) is 11.5 Å². The molecule has 1 fully saturated rings.